The molecule has 0 aromatic carbocycles. The molecule has 5 aliphatic carbocycles. The summed E-state index contributed by atoms with van der Waals surface area (Å²) in [6.07, 6.45) is 9.99. The molecular formula is C20H29N3O4. The molecule has 2 atom stereocenters. The Morgan fingerprint density at radius 1 is 1.11 bits per heavy atom. The van der Waals surface area contributed by atoms with Crippen LogP contribution in [0, 0.1) is 17.3 Å². The van der Waals surface area contributed by atoms with E-state index >= 15 is 0 Å². The SMILES string of the molecule is O=C(CC12C[C@H]3C[C@@H](CC(O)(C3)C1)C2)NN1C(=O)NC2(CCCCC2)C1=O. The van der Waals surface area contributed by atoms with E-state index in [0.29, 0.717) is 31.1 Å². The predicted octanol–water partition coefficient (Wildman–Crippen LogP) is 1.99. The summed E-state index contributed by atoms with van der Waals surface area (Å²) >= 11 is 0. The molecule has 1 spiro atoms. The summed E-state index contributed by atoms with van der Waals surface area (Å²) < 4.78 is 0. The predicted molar refractivity (Wildman–Crippen MR) is 96.0 cm³/mol. The maximum absolute atomic E-state index is 12.8. The van der Waals surface area contributed by atoms with E-state index in [1.807, 2.05) is 0 Å². The minimum Gasteiger partial charge on any atom is -0.390 e. The Kier molecular flexibility index (Phi) is 3.68. The van der Waals surface area contributed by atoms with E-state index in [1.54, 1.807) is 0 Å². The van der Waals surface area contributed by atoms with Gasteiger partial charge in [-0.05, 0) is 68.6 Å². The molecule has 1 heterocycles. The van der Waals surface area contributed by atoms with Crippen molar-refractivity contribution in [2.24, 2.45) is 17.3 Å². The first-order chi connectivity index (χ1) is 12.8. The third kappa shape index (κ3) is 2.77. The van der Waals surface area contributed by atoms with Crippen molar-refractivity contribution in [1.82, 2.24) is 15.8 Å². The highest BCUT2D eigenvalue weighted by Gasteiger charge is 2.58. The largest absolute Gasteiger partial charge is 0.390 e. The normalized spacial score (nSPS) is 41.9. The summed E-state index contributed by atoms with van der Waals surface area (Å²) in [5.74, 6) is 0.416. The van der Waals surface area contributed by atoms with Crippen molar-refractivity contribution in [3.8, 4) is 0 Å². The van der Waals surface area contributed by atoms with Crippen LogP contribution in [0.1, 0.15) is 77.0 Å². The van der Waals surface area contributed by atoms with Crippen LogP contribution in [0.25, 0.3) is 0 Å². The lowest BCUT2D eigenvalue weighted by Crippen LogP contribution is -2.57. The van der Waals surface area contributed by atoms with E-state index in [0.717, 1.165) is 50.0 Å². The Morgan fingerprint density at radius 3 is 2.41 bits per heavy atom. The zero-order valence-electron chi connectivity index (χ0n) is 15.8. The number of urea groups is 1. The van der Waals surface area contributed by atoms with Gasteiger partial charge in [-0.15, -0.1) is 0 Å². The molecule has 7 nitrogen and oxygen atoms in total. The van der Waals surface area contributed by atoms with Crippen LogP contribution in [0.2, 0.25) is 0 Å². The molecule has 27 heavy (non-hydrogen) atoms. The van der Waals surface area contributed by atoms with Gasteiger partial charge < -0.3 is 10.4 Å². The Bertz CT molecular complexity index is 685. The summed E-state index contributed by atoms with van der Waals surface area (Å²) in [4.78, 5) is 38.0. The van der Waals surface area contributed by atoms with Gasteiger partial charge in [0.25, 0.3) is 5.91 Å². The quantitative estimate of drug-likeness (QED) is 0.657. The Balaban J connectivity index is 1.27. The molecule has 0 radical (unpaired) electrons. The molecule has 148 valence electrons. The third-order valence-corrected chi connectivity index (χ3v) is 7.79. The smallest absolute Gasteiger partial charge is 0.344 e. The number of carbonyl (C=O) groups is 3. The number of carbonyl (C=O) groups excluding carboxylic acids is 3. The molecular weight excluding hydrogens is 346 g/mol. The van der Waals surface area contributed by atoms with Crippen LogP contribution in [0.3, 0.4) is 0 Å². The molecule has 7 heteroatoms. The van der Waals surface area contributed by atoms with Crippen molar-refractivity contribution in [2.75, 3.05) is 0 Å². The number of hydrazine groups is 1. The summed E-state index contributed by atoms with van der Waals surface area (Å²) in [5.41, 5.74) is 0.978. The summed E-state index contributed by atoms with van der Waals surface area (Å²) in [5, 5.41) is 14.6. The fraction of sp³-hybridized carbons (Fsp3) is 0.850. The minimum atomic E-state index is -0.821. The zero-order chi connectivity index (χ0) is 18.9. The first kappa shape index (κ1) is 17.5. The Morgan fingerprint density at radius 2 is 1.78 bits per heavy atom. The van der Waals surface area contributed by atoms with Crippen LogP contribution >= 0.6 is 0 Å². The van der Waals surface area contributed by atoms with Gasteiger partial charge in [0.05, 0.1) is 5.60 Å². The lowest BCUT2D eigenvalue weighted by molar-refractivity contribution is -0.170. The van der Waals surface area contributed by atoms with E-state index in [1.165, 1.54) is 6.42 Å². The van der Waals surface area contributed by atoms with Crippen molar-refractivity contribution < 1.29 is 19.5 Å². The zero-order valence-corrected chi connectivity index (χ0v) is 15.8. The maximum Gasteiger partial charge on any atom is 0.344 e. The highest BCUT2D eigenvalue weighted by Crippen LogP contribution is 2.62. The molecule has 6 rings (SSSR count). The standard InChI is InChI=1S/C20H29N3O4/c24-15(11-18-7-13-6-14(8-18)10-19(27,9-13)12-18)22-23-16(25)20(21-17(23)26)4-2-1-3-5-20/h13-14,27H,1-12H2,(H,21,26)(H,22,24)/t13-,14-,18?,19?/m1/s1. The second-order valence-corrected chi connectivity index (χ2v) is 10.1. The first-order valence-corrected chi connectivity index (χ1v) is 10.5. The van der Waals surface area contributed by atoms with Gasteiger partial charge >= 0.3 is 6.03 Å². The first-order valence-electron chi connectivity index (χ1n) is 10.5. The molecule has 6 aliphatic rings. The average molecular weight is 375 g/mol. The molecule has 0 aromatic heterocycles. The molecule has 1 aliphatic heterocycles. The number of nitrogens with zero attached hydrogens (tertiary/aromatic N) is 1. The van der Waals surface area contributed by atoms with Gasteiger partial charge in [0.15, 0.2) is 0 Å². The van der Waals surface area contributed by atoms with E-state index in [4.69, 9.17) is 0 Å². The van der Waals surface area contributed by atoms with Gasteiger partial charge in [-0.3, -0.25) is 15.0 Å². The van der Waals surface area contributed by atoms with Gasteiger partial charge in [0, 0.05) is 6.42 Å². The van der Waals surface area contributed by atoms with Crippen molar-refractivity contribution in [3.05, 3.63) is 0 Å². The van der Waals surface area contributed by atoms with E-state index < -0.39 is 17.2 Å². The summed E-state index contributed by atoms with van der Waals surface area (Å²) in [6.45, 7) is 0. The molecule has 0 unspecified atom stereocenters. The number of aliphatic hydroxyl groups is 1. The van der Waals surface area contributed by atoms with Crippen molar-refractivity contribution in [2.45, 2.75) is 88.2 Å². The Hall–Kier alpha value is -1.63. The number of amides is 4. The monoisotopic (exact) mass is 375 g/mol. The number of imide groups is 1. The fourth-order valence-corrected chi connectivity index (χ4v) is 7.33. The summed E-state index contributed by atoms with van der Waals surface area (Å²) in [7, 11) is 0. The van der Waals surface area contributed by atoms with Crippen molar-refractivity contribution >= 4 is 17.8 Å². The van der Waals surface area contributed by atoms with Crippen LogP contribution in [0.4, 0.5) is 4.79 Å². The molecule has 4 bridgehead atoms. The molecule has 1 saturated heterocycles. The maximum atomic E-state index is 12.8. The highest BCUT2D eigenvalue weighted by atomic mass is 16.3. The van der Waals surface area contributed by atoms with E-state index in [9.17, 15) is 19.5 Å². The molecule has 4 amide bonds. The average Bonchev–Trinajstić information content (AvgIpc) is 2.77. The molecule has 5 saturated carbocycles. The number of hydrogen-bond donors (Lipinski definition) is 3. The number of rotatable bonds is 3. The van der Waals surface area contributed by atoms with Crippen LogP contribution in [0.5, 0.6) is 0 Å². The van der Waals surface area contributed by atoms with E-state index in [-0.39, 0.29) is 23.7 Å². The fourth-order valence-electron chi connectivity index (χ4n) is 7.33. The van der Waals surface area contributed by atoms with Crippen LogP contribution < -0.4 is 10.7 Å². The lowest BCUT2D eigenvalue weighted by Gasteiger charge is -2.60. The van der Waals surface area contributed by atoms with Crippen LogP contribution in [0.15, 0.2) is 0 Å². The van der Waals surface area contributed by atoms with Crippen molar-refractivity contribution in [1.29, 1.82) is 0 Å². The molecule has 0 aromatic rings. The van der Waals surface area contributed by atoms with E-state index in [2.05, 4.69) is 10.7 Å². The second-order valence-electron chi connectivity index (χ2n) is 10.1. The van der Waals surface area contributed by atoms with Gasteiger partial charge in [-0.25, -0.2) is 4.79 Å². The van der Waals surface area contributed by atoms with Gasteiger partial charge in [0.2, 0.25) is 5.91 Å². The Labute approximate surface area is 159 Å². The van der Waals surface area contributed by atoms with Gasteiger partial charge in [-0.1, -0.05) is 19.3 Å². The minimum absolute atomic E-state index is 0.176. The third-order valence-electron chi connectivity index (χ3n) is 7.79. The van der Waals surface area contributed by atoms with Gasteiger partial charge in [-0.2, -0.15) is 5.01 Å². The van der Waals surface area contributed by atoms with Crippen LogP contribution in [-0.4, -0.2) is 39.1 Å². The number of hydrogen-bond acceptors (Lipinski definition) is 4. The molecule has 6 fully saturated rings. The topological polar surface area (TPSA) is 98.7 Å². The lowest BCUT2D eigenvalue weighted by atomic mass is 9.47. The van der Waals surface area contributed by atoms with Gasteiger partial charge in [0.1, 0.15) is 5.54 Å². The summed E-state index contributed by atoms with van der Waals surface area (Å²) in [6, 6.07) is -0.514. The highest BCUT2D eigenvalue weighted by molar-refractivity contribution is 6.08. The molecule has 3 N–H and O–H groups in total. The number of nitrogens with one attached hydrogen (secondary N) is 2. The van der Waals surface area contributed by atoms with Crippen molar-refractivity contribution in [3.63, 3.8) is 0 Å². The van der Waals surface area contributed by atoms with Crippen LogP contribution in [-0.2, 0) is 9.59 Å². The second kappa shape index (κ2) is 5.69.